The van der Waals surface area contributed by atoms with Crippen molar-refractivity contribution >= 4 is 11.9 Å². The van der Waals surface area contributed by atoms with Crippen LogP contribution in [-0.4, -0.2) is 37.2 Å². The molecule has 1 aromatic carbocycles. The summed E-state index contributed by atoms with van der Waals surface area (Å²) in [7, 11) is 1.41. The molecule has 1 atom stereocenters. The van der Waals surface area contributed by atoms with Crippen molar-refractivity contribution in [3.8, 4) is 0 Å². The van der Waals surface area contributed by atoms with Gasteiger partial charge in [-0.2, -0.15) is 0 Å². The third kappa shape index (κ3) is 4.24. The second kappa shape index (κ2) is 6.65. The molecule has 0 saturated carbocycles. The van der Waals surface area contributed by atoms with E-state index < -0.39 is 11.9 Å². The first kappa shape index (κ1) is 13.2. The first-order chi connectivity index (χ1) is 8.15. The van der Waals surface area contributed by atoms with Gasteiger partial charge in [-0.15, -0.1) is 0 Å². The zero-order valence-corrected chi connectivity index (χ0v) is 9.55. The SMILES string of the molecule is COCC(=O)NCC(C(=O)O)c1ccccc1. The smallest absolute Gasteiger partial charge is 0.312 e. The van der Waals surface area contributed by atoms with Crippen molar-refractivity contribution in [3.05, 3.63) is 35.9 Å². The molecule has 5 nitrogen and oxygen atoms in total. The topological polar surface area (TPSA) is 75.6 Å². The minimum Gasteiger partial charge on any atom is -0.481 e. The van der Waals surface area contributed by atoms with Crippen LogP contribution in [0, 0.1) is 0 Å². The van der Waals surface area contributed by atoms with Gasteiger partial charge >= 0.3 is 5.97 Å². The lowest BCUT2D eigenvalue weighted by atomic mass is 9.99. The summed E-state index contributed by atoms with van der Waals surface area (Å²) in [5.41, 5.74) is 0.665. The fraction of sp³-hybridized carbons (Fsp3) is 0.333. The largest absolute Gasteiger partial charge is 0.481 e. The van der Waals surface area contributed by atoms with E-state index in [0.29, 0.717) is 5.56 Å². The lowest BCUT2D eigenvalue weighted by Gasteiger charge is -2.13. The van der Waals surface area contributed by atoms with E-state index in [2.05, 4.69) is 10.1 Å². The van der Waals surface area contributed by atoms with Crippen molar-refractivity contribution in [3.63, 3.8) is 0 Å². The molecule has 1 unspecified atom stereocenters. The van der Waals surface area contributed by atoms with Crippen molar-refractivity contribution in [2.24, 2.45) is 0 Å². The average Bonchev–Trinajstić information content (AvgIpc) is 2.30. The molecule has 0 fully saturated rings. The molecule has 0 saturated heterocycles. The van der Waals surface area contributed by atoms with Crippen molar-refractivity contribution in [1.82, 2.24) is 5.32 Å². The van der Waals surface area contributed by atoms with Crippen LogP contribution in [0.25, 0.3) is 0 Å². The third-order valence-corrected chi connectivity index (χ3v) is 2.28. The summed E-state index contributed by atoms with van der Waals surface area (Å²) in [6, 6.07) is 8.79. The van der Waals surface area contributed by atoms with Crippen molar-refractivity contribution in [2.45, 2.75) is 5.92 Å². The van der Waals surface area contributed by atoms with Gasteiger partial charge in [-0.05, 0) is 5.56 Å². The van der Waals surface area contributed by atoms with Crippen molar-refractivity contribution in [2.75, 3.05) is 20.3 Å². The third-order valence-electron chi connectivity index (χ3n) is 2.28. The molecule has 5 heteroatoms. The Morgan fingerprint density at radius 2 is 2.00 bits per heavy atom. The maximum atomic E-state index is 11.2. The van der Waals surface area contributed by atoms with Gasteiger partial charge in [0.15, 0.2) is 0 Å². The van der Waals surface area contributed by atoms with Gasteiger partial charge in [0.1, 0.15) is 6.61 Å². The number of nitrogens with one attached hydrogen (secondary N) is 1. The van der Waals surface area contributed by atoms with Crippen LogP contribution in [0.5, 0.6) is 0 Å². The van der Waals surface area contributed by atoms with Crippen LogP contribution >= 0.6 is 0 Å². The minimum absolute atomic E-state index is 0.0571. The second-order valence-electron chi connectivity index (χ2n) is 3.54. The number of carbonyl (C=O) groups excluding carboxylic acids is 1. The Hall–Kier alpha value is -1.88. The maximum Gasteiger partial charge on any atom is 0.312 e. The van der Waals surface area contributed by atoms with E-state index in [0.717, 1.165) is 0 Å². The van der Waals surface area contributed by atoms with Crippen LogP contribution in [0.3, 0.4) is 0 Å². The number of methoxy groups -OCH3 is 1. The molecule has 0 heterocycles. The van der Waals surface area contributed by atoms with Gasteiger partial charge in [0, 0.05) is 13.7 Å². The van der Waals surface area contributed by atoms with E-state index in [1.165, 1.54) is 7.11 Å². The van der Waals surface area contributed by atoms with Crippen LogP contribution in [0.4, 0.5) is 0 Å². The number of hydrogen-bond acceptors (Lipinski definition) is 3. The van der Waals surface area contributed by atoms with Gasteiger partial charge < -0.3 is 15.2 Å². The predicted octanol–water partition coefficient (Wildman–Crippen LogP) is 0.617. The summed E-state index contributed by atoms with van der Waals surface area (Å²) in [6.45, 7) is -0.0112. The molecule has 0 aromatic heterocycles. The summed E-state index contributed by atoms with van der Waals surface area (Å²) in [5.74, 6) is -2.03. The molecule has 1 aromatic rings. The van der Waals surface area contributed by atoms with E-state index in [-0.39, 0.29) is 19.1 Å². The summed E-state index contributed by atoms with van der Waals surface area (Å²) in [4.78, 5) is 22.3. The highest BCUT2D eigenvalue weighted by atomic mass is 16.5. The van der Waals surface area contributed by atoms with Crippen LogP contribution in [0.15, 0.2) is 30.3 Å². The lowest BCUT2D eigenvalue weighted by molar-refractivity contribution is -0.138. The minimum atomic E-state index is -0.964. The van der Waals surface area contributed by atoms with Gasteiger partial charge in [0.2, 0.25) is 5.91 Å². The zero-order chi connectivity index (χ0) is 12.7. The standard InChI is InChI=1S/C12H15NO4/c1-17-8-11(14)13-7-10(12(15)16)9-5-3-2-4-6-9/h2-6,10H,7-8H2,1H3,(H,13,14)(H,15,16). The molecule has 0 aliphatic rings. The molecule has 0 aliphatic carbocycles. The number of hydrogen-bond donors (Lipinski definition) is 2. The van der Waals surface area contributed by atoms with E-state index >= 15 is 0 Å². The first-order valence-electron chi connectivity index (χ1n) is 5.18. The zero-order valence-electron chi connectivity index (χ0n) is 9.55. The number of benzene rings is 1. The Morgan fingerprint density at radius 3 is 2.53 bits per heavy atom. The normalized spacial score (nSPS) is 11.8. The van der Waals surface area contributed by atoms with Crippen molar-refractivity contribution < 1.29 is 19.4 Å². The number of carboxylic acids is 1. The molecular formula is C12H15NO4. The van der Waals surface area contributed by atoms with Crippen LogP contribution in [0.1, 0.15) is 11.5 Å². The van der Waals surface area contributed by atoms with Gasteiger partial charge in [-0.25, -0.2) is 0 Å². The second-order valence-corrected chi connectivity index (χ2v) is 3.54. The van der Waals surface area contributed by atoms with Crippen LogP contribution in [-0.2, 0) is 14.3 Å². The number of carbonyl (C=O) groups is 2. The molecule has 1 rings (SSSR count). The number of amides is 1. The Morgan fingerprint density at radius 1 is 1.35 bits per heavy atom. The Bertz CT molecular complexity index is 377. The molecule has 0 radical (unpaired) electrons. The van der Waals surface area contributed by atoms with Gasteiger partial charge in [0.25, 0.3) is 0 Å². The number of ether oxygens (including phenoxy) is 1. The highest BCUT2D eigenvalue weighted by molar-refractivity contribution is 5.80. The van der Waals surface area contributed by atoms with Crippen LogP contribution in [0.2, 0.25) is 0 Å². The summed E-state index contributed by atoms with van der Waals surface area (Å²) in [6.07, 6.45) is 0. The van der Waals surface area contributed by atoms with E-state index in [9.17, 15) is 9.59 Å². The average molecular weight is 237 g/mol. The van der Waals surface area contributed by atoms with E-state index in [1.807, 2.05) is 6.07 Å². The molecule has 17 heavy (non-hydrogen) atoms. The fourth-order valence-corrected chi connectivity index (χ4v) is 1.43. The summed E-state index contributed by atoms with van der Waals surface area (Å²) >= 11 is 0. The van der Waals surface area contributed by atoms with Crippen molar-refractivity contribution in [1.29, 1.82) is 0 Å². The maximum absolute atomic E-state index is 11.2. The summed E-state index contributed by atoms with van der Waals surface area (Å²) in [5, 5.41) is 11.6. The Labute approximate surface area is 99.4 Å². The number of aliphatic carboxylic acids is 1. The molecule has 0 aliphatic heterocycles. The molecule has 0 spiro atoms. The first-order valence-corrected chi connectivity index (χ1v) is 5.18. The van der Waals surface area contributed by atoms with E-state index in [4.69, 9.17) is 5.11 Å². The molecule has 92 valence electrons. The molecule has 1 amide bonds. The Balaban J connectivity index is 2.62. The summed E-state index contributed by atoms with van der Waals surface area (Å²) < 4.78 is 4.64. The highest BCUT2D eigenvalue weighted by Gasteiger charge is 2.20. The van der Waals surface area contributed by atoms with E-state index in [1.54, 1.807) is 24.3 Å². The number of carboxylic acid groups (broad SMARTS) is 1. The fourth-order valence-electron chi connectivity index (χ4n) is 1.43. The van der Waals surface area contributed by atoms with Gasteiger partial charge in [0.05, 0.1) is 5.92 Å². The lowest BCUT2D eigenvalue weighted by Crippen LogP contribution is -2.33. The molecular weight excluding hydrogens is 222 g/mol. The monoisotopic (exact) mass is 237 g/mol. The molecule has 0 bridgehead atoms. The predicted molar refractivity (Wildman–Crippen MR) is 61.7 cm³/mol. The van der Waals surface area contributed by atoms with Crippen LogP contribution < -0.4 is 5.32 Å². The van der Waals surface area contributed by atoms with Gasteiger partial charge in [-0.3, -0.25) is 9.59 Å². The Kier molecular flexibility index (Phi) is 5.16. The number of rotatable bonds is 6. The quantitative estimate of drug-likeness (QED) is 0.760. The van der Waals surface area contributed by atoms with Gasteiger partial charge in [-0.1, -0.05) is 30.3 Å². The molecule has 2 N–H and O–H groups in total. The highest BCUT2D eigenvalue weighted by Crippen LogP contribution is 2.14.